The Bertz CT molecular complexity index is 490. The number of nitro groups is 1. The average Bonchev–Trinajstić information content (AvgIpc) is 2.47. The zero-order valence-electron chi connectivity index (χ0n) is 12.3. The smallest absolute Gasteiger partial charge is 0.283 e. The second-order valence-corrected chi connectivity index (χ2v) is 6.44. The lowest BCUT2D eigenvalue weighted by molar-refractivity contribution is -0.385. The number of hydrogen-bond acceptors (Lipinski definition) is 4. The molecule has 1 aliphatic heterocycles. The van der Waals surface area contributed by atoms with Crippen LogP contribution in [0.4, 0.5) is 5.69 Å². The predicted octanol–water partition coefficient (Wildman–Crippen LogP) is 3.32. The van der Waals surface area contributed by atoms with E-state index in [9.17, 15) is 10.1 Å². The minimum atomic E-state index is -0.356. The fourth-order valence-electron chi connectivity index (χ4n) is 2.72. The van der Waals surface area contributed by atoms with Gasteiger partial charge in [-0.05, 0) is 54.3 Å². The molecular formula is C15H22BrN3O2. The Hall–Kier alpha value is -0.980. The number of nitrogens with zero attached hydrogens (tertiary/aromatic N) is 2. The van der Waals surface area contributed by atoms with Gasteiger partial charge in [0.25, 0.3) is 5.69 Å². The second-order valence-electron chi connectivity index (χ2n) is 5.65. The van der Waals surface area contributed by atoms with Gasteiger partial charge < -0.3 is 10.2 Å². The predicted molar refractivity (Wildman–Crippen MR) is 87.4 cm³/mol. The Morgan fingerprint density at radius 2 is 2.10 bits per heavy atom. The SMILES string of the molecule is CC(CN1CCCCC1)NCc1cccc([N+](=O)[O-])c1Br. The van der Waals surface area contributed by atoms with Crippen molar-refractivity contribution in [3.63, 3.8) is 0 Å². The summed E-state index contributed by atoms with van der Waals surface area (Å²) >= 11 is 3.34. The molecule has 1 aromatic rings. The van der Waals surface area contributed by atoms with E-state index in [1.54, 1.807) is 6.07 Å². The molecule has 1 saturated heterocycles. The van der Waals surface area contributed by atoms with Gasteiger partial charge in [0.05, 0.1) is 9.40 Å². The lowest BCUT2D eigenvalue weighted by Crippen LogP contribution is -2.41. The molecule has 6 heteroatoms. The van der Waals surface area contributed by atoms with Crippen LogP contribution in [0.3, 0.4) is 0 Å². The van der Waals surface area contributed by atoms with Crippen LogP contribution in [0.1, 0.15) is 31.7 Å². The van der Waals surface area contributed by atoms with Crippen LogP contribution < -0.4 is 5.32 Å². The number of nitro benzene ring substituents is 1. The normalized spacial score (nSPS) is 17.6. The minimum absolute atomic E-state index is 0.123. The van der Waals surface area contributed by atoms with Crippen LogP contribution >= 0.6 is 15.9 Å². The van der Waals surface area contributed by atoms with Crippen molar-refractivity contribution in [2.24, 2.45) is 0 Å². The Morgan fingerprint density at radius 1 is 1.38 bits per heavy atom. The molecule has 0 bridgehead atoms. The number of hydrogen-bond donors (Lipinski definition) is 1. The molecule has 5 nitrogen and oxygen atoms in total. The molecule has 1 aromatic carbocycles. The topological polar surface area (TPSA) is 58.4 Å². The number of piperidine rings is 1. The summed E-state index contributed by atoms with van der Waals surface area (Å²) in [5, 5.41) is 14.4. The number of rotatable bonds is 6. The zero-order chi connectivity index (χ0) is 15.2. The van der Waals surface area contributed by atoms with Crippen LogP contribution in [-0.2, 0) is 6.54 Å². The van der Waals surface area contributed by atoms with Crippen LogP contribution in [0.2, 0.25) is 0 Å². The quantitative estimate of drug-likeness (QED) is 0.628. The highest BCUT2D eigenvalue weighted by Gasteiger charge is 2.16. The molecule has 1 atom stereocenters. The first kappa shape index (κ1) is 16.4. The third-order valence-corrected chi connectivity index (χ3v) is 4.79. The Labute approximate surface area is 134 Å². The monoisotopic (exact) mass is 355 g/mol. The molecule has 0 spiro atoms. The maximum Gasteiger partial charge on any atom is 0.283 e. The van der Waals surface area contributed by atoms with E-state index in [0.717, 1.165) is 12.1 Å². The maximum absolute atomic E-state index is 10.9. The zero-order valence-corrected chi connectivity index (χ0v) is 13.9. The van der Waals surface area contributed by atoms with Crippen molar-refractivity contribution in [3.05, 3.63) is 38.3 Å². The maximum atomic E-state index is 10.9. The fourth-order valence-corrected chi connectivity index (χ4v) is 3.27. The lowest BCUT2D eigenvalue weighted by Gasteiger charge is -2.29. The number of likely N-dealkylation sites (tertiary alicyclic amines) is 1. The molecule has 1 fully saturated rings. The first-order valence-electron chi connectivity index (χ1n) is 7.45. The molecule has 0 saturated carbocycles. The molecule has 1 N–H and O–H groups in total. The van der Waals surface area contributed by atoms with Crippen molar-refractivity contribution in [2.45, 2.75) is 38.8 Å². The van der Waals surface area contributed by atoms with Gasteiger partial charge in [0.1, 0.15) is 0 Å². The van der Waals surface area contributed by atoms with Crippen molar-refractivity contribution in [2.75, 3.05) is 19.6 Å². The van der Waals surface area contributed by atoms with Gasteiger partial charge in [0.15, 0.2) is 0 Å². The molecular weight excluding hydrogens is 334 g/mol. The van der Waals surface area contributed by atoms with Crippen molar-refractivity contribution in [1.82, 2.24) is 10.2 Å². The summed E-state index contributed by atoms with van der Waals surface area (Å²) in [6, 6.07) is 5.53. The van der Waals surface area contributed by atoms with Gasteiger partial charge >= 0.3 is 0 Å². The Balaban J connectivity index is 1.87. The van der Waals surface area contributed by atoms with Gasteiger partial charge in [-0.3, -0.25) is 10.1 Å². The van der Waals surface area contributed by atoms with Gasteiger partial charge in [-0.1, -0.05) is 18.6 Å². The highest BCUT2D eigenvalue weighted by molar-refractivity contribution is 9.10. The van der Waals surface area contributed by atoms with Gasteiger partial charge in [-0.2, -0.15) is 0 Å². The highest BCUT2D eigenvalue weighted by atomic mass is 79.9. The van der Waals surface area contributed by atoms with E-state index in [2.05, 4.69) is 33.1 Å². The van der Waals surface area contributed by atoms with E-state index in [1.165, 1.54) is 38.4 Å². The van der Waals surface area contributed by atoms with Gasteiger partial charge in [0.2, 0.25) is 0 Å². The minimum Gasteiger partial charge on any atom is -0.309 e. The molecule has 1 unspecified atom stereocenters. The summed E-state index contributed by atoms with van der Waals surface area (Å²) < 4.78 is 0.577. The summed E-state index contributed by atoms with van der Waals surface area (Å²) in [6.45, 7) is 6.21. The molecule has 0 aromatic heterocycles. The molecule has 116 valence electrons. The first-order valence-corrected chi connectivity index (χ1v) is 8.24. The first-order chi connectivity index (χ1) is 10.1. The van der Waals surface area contributed by atoms with Crippen LogP contribution in [0, 0.1) is 10.1 Å². The number of benzene rings is 1. The second kappa shape index (κ2) is 7.87. The van der Waals surface area contributed by atoms with Gasteiger partial charge in [0, 0.05) is 25.2 Å². The van der Waals surface area contributed by atoms with E-state index < -0.39 is 0 Å². The molecule has 0 amide bonds. The molecule has 1 aliphatic rings. The summed E-state index contributed by atoms with van der Waals surface area (Å²) in [5.74, 6) is 0. The standard InChI is InChI=1S/C15H22BrN3O2/c1-12(11-18-8-3-2-4-9-18)17-10-13-6-5-7-14(15(13)16)19(20)21/h5-7,12,17H,2-4,8-11H2,1H3. The van der Waals surface area contributed by atoms with Crippen molar-refractivity contribution >= 4 is 21.6 Å². The molecule has 2 rings (SSSR count). The summed E-state index contributed by atoms with van der Waals surface area (Å²) in [4.78, 5) is 13.1. The van der Waals surface area contributed by atoms with E-state index in [-0.39, 0.29) is 10.6 Å². The molecule has 1 heterocycles. The third-order valence-electron chi connectivity index (χ3n) is 3.88. The van der Waals surface area contributed by atoms with Crippen molar-refractivity contribution < 1.29 is 4.92 Å². The van der Waals surface area contributed by atoms with Gasteiger partial charge in [-0.15, -0.1) is 0 Å². The van der Waals surface area contributed by atoms with Crippen LogP contribution in [0.15, 0.2) is 22.7 Å². The molecule has 0 radical (unpaired) electrons. The van der Waals surface area contributed by atoms with Crippen molar-refractivity contribution in [3.8, 4) is 0 Å². The average molecular weight is 356 g/mol. The largest absolute Gasteiger partial charge is 0.309 e. The third kappa shape index (κ3) is 4.76. The van der Waals surface area contributed by atoms with Crippen LogP contribution in [0.25, 0.3) is 0 Å². The van der Waals surface area contributed by atoms with E-state index in [1.807, 2.05) is 6.07 Å². The van der Waals surface area contributed by atoms with E-state index in [4.69, 9.17) is 0 Å². The summed E-state index contributed by atoms with van der Waals surface area (Å²) in [5.41, 5.74) is 1.05. The summed E-state index contributed by atoms with van der Waals surface area (Å²) in [7, 11) is 0. The van der Waals surface area contributed by atoms with Crippen LogP contribution in [0.5, 0.6) is 0 Å². The fraction of sp³-hybridized carbons (Fsp3) is 0.600. The molecule has 21 heavy (non-hydrogen) atoms. The van der Waals surface area contributed by atoms with E-state index >= 15 is 0 Å². The number of nitrogens with one attached hydrogen (secondary N) is 1. The van der Waals surface area contributed by atoms with Gasteiger partial charge in [-0.25, -0.2) is 0 Å². The van der Waals surface area contributed by atoms with Crippen LogP contribution in [-0.4, -0.2) is 35.5 Å². The lowest BCUT2D eigenvalue weighted by atomic mass is 10.1. The highest BCUT2D eigenvalue weighted by Crippen LogP contribution is 2.28. The van der Waals surface area contributed by atoms with Crippen molar-refractivity contribution in [1.29, 1.82) is 0 Å². The Kier molecular flexibility index (Phi) is 6.14. The number of halogens is 1. The Morgan fingerprint density at radius 3 is 2.76 bits per heavy atom. The van der Waals surface area contributed by atoms with E-state index in [0.29, 0.717) is 17.1 Å². The summed E-state index contributed by atoms with van der Waals surface area (Å²) in [6.07, 6.45) is 3.94. The molecule has 0 aliphatic carbocycles.